The molecule has 0 aromatic rings. The Hall–Kier alpha value is -1.30. The molecule has 2 saturated heterocycles. The first-order valence-electron chi connectivity index (χ1n) is 7.40. The molecule has 0 aromatic carbocycles. The summed E-state index contributed by atoms with van der Waals surface area (Å²) in [7, 11) is 0. The monoisotopic (exact) mass is 284 g/mol. The van der Waals surface area contributed by atoms with Crippen molar-refractivity contribution in [2.45, 2.75) is 57.7 Å². The van der Waals surface area contributed by atoms with Gasteiger partial charge >= 0.3 is 12.0 Å². The number of carbonyl (C=O) groups excluding carboxylic acids is 1. The van der Waals surface area contributed by atoms with E-state index in [0.717, 1.165) is 25.7 Å². The molecular weight excluding hydrogens is 260 g/mol. The lowest BCUT2D eigenvalue weighted by atomic mass is 9.91. The highest BCUT2D eigenvalue weighted by Crippen LogP contribution is 2.24. The van der Waals surface area contributed by atoms with E-state index in [1.54, 1.807) is 0 Å². The minimum absolute atomic E-state index is 0.000567. The van der Waals surface area contributed by atoms with Crippen molar-refractivity contribution in [1.29, 1.82) is 0 Å². The quantitative estimate of drug-likeness (QED) is 0.804. The van der Waals surface area contributed by atoms with Gasteiger partial charge in [0, 0.05) is 19.2 Å². The van der Waals surface area contributed by atoms with E-state index in [1.165, 1.54) is 4.90 Å². The summed E-state index contributed by atoms with van der Waals surface area (Å²) in [6.07, 6.45) is 3.44. The molecule has 114 valence electrons. The van der Waals surface area contributed by atoms with Crippen molar-refractivity contribution >= 4 is 12.0 Å². The number of nitrogens with one attached hydrogen (secondary N) is 1. The second-order valence-electron chi connectivity index (χ2n) is 5.95. The molecule has 2 amide bonds. The van der Waals surface area contributed by atoms with Gasteiger partial charge in [0.05, 0.1) is 6.10 Å². The highest BCUT2D eigenvalue weighted by atomic mass is 16.5. The molecule has 20 heavy (non-hydrogen) atoms. The molecule has 4 unspecified atom stereocenters. The van der Waals surface area contributed by atoms with Gasteiger partial charge in [-0.15, -0.1) is 0 Å². The average Bonchev–Trinajstić information content (AvgIpc) is 2.37. The second kappa shape index (κ2) is 6.43. The first-order chi connectivity index (χ1) is 9.49. The number of amides is 2. The van der Waals surface area contributed by atoms with Gasteiger partial charge in [0.15, 0.2) is 0 Å². The number of urea groups is 1. The molecule has 6 heteroatoms. The highest BCUT2D eigenvalue weighted by Gasteiger charge is 2.37. The number of rotatable bonds is 2. The van der Waals surface area contributed by atoms with Crippen LogP contribution in [0.4, 0.5) is 4.79 Å². The molecule has 2 aliphatic heterocycles. The van der Waals surface area contributed by atoms with Crippen LogP contribution in [0.1, 0.15) is 39.5 Å². The summed E-state index contributed by atoms with van der Waals surface area (Å²) in [5.74, 6) is -0.909. The minimum atomic E-state index is -0.910. The molecule has 0 spiro atoms. The molecule has 0 bridgehead atoms. The van der Waals surface area contributed by atoms with Gasteiger partial charge in [0.1, 0.15) is 6.04 Å². The minimum Gasteiger partial charge on any atom is -0.480 e. The number of carbonyl (C=O) groups is 2. The zero-order valence-corrected chi connectivity index (χ0v) is 12.2. The molecule has 0 aromatic heterocycles. The Bertz CT molecular complexity index is 374. The summed E-state index contributed by atoms with van der Waals surface area (Å²) < 4.78 is 5.45. The SMILES string of the molecule is CC1CC(NC(=O)N2CCCC(C)C2C(=O)O)CCO1. The Labute approximate surface area is 119 Å². The third-order valence-electron chi connectivity index (χ3n) is 4.26. The maximum absolute atomic E-state index is 12.3. The van der Waals surface area contributed by atoms with E-state index in [9.17, 15) is 14.7 Å². The third kappa shape index (κ3) is 3.42. The maximum Gasteiger partial charge on any atom is 0.326 e. The predicted molar refractivity (Wildman–Crippen MR) is 73.5 cm³/mol. The number of carboxylic acid groups (broad SMARTS) is 1. The zero-order chi connectivity index (χ0) is 14.7. The van der Waals surface area contributed by atoms with Gasteiger partial charge in [-0.25, -0.2) is 9.59 Å². The van der Waals surface area contributed by atoms with E-state index >= 15 is 0 Å². The van der Waals surface area contributed by atoms with Gasteiger partial charge in [0.2, 0.25) is 0 Å². The van der Waals surface area contributed by atoms with Crippen molar-refractivity contribution in [1.82, 2.24) is 10.2 Å². The van der Waals surface area contributed by atoms with E-state index < -0.39 is 12.0 Å². The third-order valence-corrected chi connectivity index (χ3v) is 4.26. The van der Waals surface area contributed by atoms with E-state index in [1.807, 2.05) is 13.8 Å². The number of likely N-dealkylation sites (tertiary alicyclic amines) is 1. The van der Waals surface area contributed by atoms with Gasteiger partial charge in [-0.1, -0.05) is 6.92 Å². The molecule has 2 heterocycles. The van der Waals surface area contributed by atoms with E-state index in [4.69, 9.17) is 4.74 Å². The van der Waals surface area contributed by atoms with E-state index in [2.05, 4.69) is 5.32 Å². The first-order valence-corrected chi connectivity index (χ1v) is 7.40. The average molecular weight is 284 g/mol. The molecule has 2 fully saturated rings. The van der Waals surface area contributed by atoms with Gasteiger partial charge < -0.3 is 20.1 Å². The number of hydrogen-bond donors (Lipinski definition) is 2. The molecule has 2 N–H and O–H groups in total. The lowest BCUT2D eigenvalue weighted by Crippen LogP contribution is -2.57. The molecule has 4 atom stereocenters. The molecular formula is C14H24N2O4. The van der Waals surface area contributed by atoms with Crippen LogP contribution in [0.15, 0.2) is 0 Å². The number of carboxylic acids is 1. The summed E-state index contributed by atoms with van der Waals surface area (Å²) in [5, 5.41) is 12.3. The standard InChI is InChI=1S/C14H24N2O4/c1-9-4-3-6-16(12(9)13(17)18)14(19)15-11-5-7-20-10(2)8-11/h9-12H,3-8H2,1-2H3,(H,15,19)(H,17,18). The highest BCUT2D eigenvalue weighted by molar-refractivity contribution is 5.83. The van der Waals surface area contributed by atoms with Gasteiger partial charge in [0.25, 0.3) is 0 Å². The van der Waals surface area contributed by atoms with Crippen molar-refractivity contribution in [3.8, 4) is 0 Å². The first kappa shape index (κ1) is 15.1. The summed E-state index contributed by atoms with van der Waals surface area (Å²) in [6, 6.07) is -0.873. The fourth-order valence-electron chi connectivity index (χ4n) is 3.18. The lowest BCUT2D eigenvalue weighted by Gasteiger charge is -2.38. The van der Waals surface area contributed by atoms with Crippen LogP contribution in [-0.2, 0) is 9.53 Å². The summed E-state index contributed by atoms with van der Waals surface area (Å²) >= 11 is 0. The number of hydrogen-bond acceptors (Lipinski definition) is 3. The van der Waals surface area contributed by atoms with Gasteiger partial charge in [-0.05, 0) is 38.5 Å². The van der Waals surface area contributed by atoms with Crippen LogP contribution >= 0.6 is 0 Å². The van der Waals surface area contributed by atoms with Crippen LogP contribution in [0, 0.1) is 5.92 Å². The zero-order valence-electron chi connectivity index (χ0n) is 12.2. The maximum atomic E-state index is 12.3. The molecule has 0 saturated carbocycles. The van der Waals surface area contributed by atoms with Crippen LogP contribution < -0.4 is 5.32 Å². The summed E-state index contributed by atoms with van der Waals surface area (Å²) in [6.45, 7) is 5.05. The van der Waals surface area contributed by atoms with Crippen molar-refractivity contribution < 1.29 is 19.4 Å². The molecule has 0 aliphatic carbocycles. The molecule has 2 aliphatic rings. The Kier molecular flexibility index (Phi) is 4.86. The molecule has 0 radical (unpaired) electrons. The van der Waals surface area contributed by atoms with Gasteiger partial charge in [-0.2, -0.15) is 0 Å². The topological polar surface area (TPSA) is 78.9 Å². The van der Waals surface area contributed by atoms with Crippen LogP contribution in [0.3, 0.4) is 0 Å². The second-order valence-corrected chi connectivity index (χ2v) is 5.95. The fraction of sp³-hybridized carbons (Fsp3) is 0.857. The molecule has 6 nitrogen and oxygen atoms in total. The van der Waals surface area contributed by atoms with Crippen LogP contribution in [0.25, 0.3) is 0 Å². The van der Waals surface area contributed by atoms with Crippen molar-refractivity contribution in [3.63, 3.8) is 0 Å². The Morgan fingerprint density at radius 2 is 2.05 bits per heavy atom. The largest absolute Gasteiger partial charge is 0.480 e. The number of nitrogens with zero attached hydrogens (tertiary/aromatic N) is 1. The van der Waals surface area contributed by atoms with E-state index in [0.29, 0.717) is 13.2 Å². The van der Waals surface area contributed by atoms with Crippen molar-refractivity contribution in [2.75, 3.05) is 13.2 Å². The lowest BCUT2D eigenvalue weighted by molar-refractivity contribution is -0.145. The Morgan fingerprint density at radius 3 is 2.70 bits per heavy atom. The summed E-state index contributed by atoms with van der Waals surface area (Å²) in [5.41, 5.74) is 0. The van der Waals surface area contributed by atoms with Crippen molar-refractivity contribution in [2.24, 2.45) is 5.92 Å². The Balaban J connectivity index is 1.97. The van der Waals surface area contributed by atoms with Crippen LogP contribution in [0.2, 0.25) is 0 Å². The number of piperidine rings is 1. The van der Waals surface area contributed by atoms with Gasteiger partial charge in [-0.3, -0.25) is 0 Å². The summed E-state index contributed by atoms with van der Waals surface area (Å²) in [4.78, 5) is 25.2. The van der Waals surface area contributed by atoms with Crippen LogP contribution in [0.5, 0.6) is 0 Å². The smallest absolute Gasteiger partial charge is 0.326 e. The van der Waals surface area contributed by atoms with Crippen LogP contribution in [-0.4, -0.2) is 53.3 Å². The normalized spacial score (nSPS) is 34.6. The van der Waals surface area contributed by atoms with Crippen molar-refractivity contribution in [3.05, 3.63) is 0 Å². The Morgan fingerprint density at radius 1 is 1.30 bits per heavy atom. The molecule has 2 rings (SSSR count). The fourth-order valence-corrected chi connectivity index (χ4v) is 3.18. The predicted octanol–water partition coefficient (Wildman–Crippen LogP) is 1.45. The van der Waals surface area contributed by atoms with E-state index in [-0.39, 0.29) is 24.1 Å². The number of ether oxygens (including phenoxy) is 1. The number of aliphatic carboxylic acids is 1.